The molecule has 4 rings (SSSR count). The zero-order valence-corrected chi connectivity index (χ0v) is 30.9. The van der Waals surface area contributed by atoms with Gasteiger partial charge in [0.1, 0.15) is 23.6 Å². The van der Waals surface area contributed by atoms with Gasteiger partial charge in [-0.3, -0.25) is 0 Å². The van der Waals surface area contributed by atoms with Crippen LogP contribution in [0.3, 0.4) is 0 Å². The number of hydrogen-bond acceptors (Lipinski definition) is 7. The van der Waals surface area contributed by atoms with Gasteiger partial charge in [-0.15, -0.1) is 0 Å². The van der Waals surface area contributed by atoms with Crippen molar-refractivity contribution in [3.8, 4) is 0 Å². The normalized spacial score (nSPS) is 32.4. The first kappa shape index (κ1) is 38.6. The van der Waals surface area contributed by atoms with Crippen LogP contribution in [0.5, 0.6) is 0 Å². The lowest BCUT2D eigenvalue weighted by Crippen LogP contribution is -2.36. The number of unbranched alkanes of at least 4 members (excludes halogenated alkanes) is 9. The lowest BCUT2D eigenvalue weighted by molar-refractivity contribution is -0.0721. The largest absolute Gasteiger partial charge is 0.392 e. The number of ether oxygens (including phenoxy) is 2. The standard InChI is InChI=1S/C40H71N3O4/c1-6-7-8-9-10-11-12-13-14-15-22-46-26-32(44)27-47-33-18-21-36(37(45)25-33)40-42-38(34-19-16-28(2)23-30(34)4)41-39(43-40)35-20-17-29(3)24-31(35)5/h28-37,44-45H,6-27H2,1-5H3. The summed E-state index contributed by atoms with van der Waals surface area (Å²) in [6.45, 7) is 13.0. The summed E-state index contributed by atoms with van der Waals surface area (Å²) in [6.07, 6.45) is 21.1. The van der Waals surface area contributed by atoms with E-state index >= 15 is 0 Å². The van der Waals surface area contributed by atoms with E-state index in [0.717, 1.165) is 61.4 Å². The Kier molecular flexibility index (Phi) is 16.9. The van der Waals surface area contributed by atoms with Crippen LogP contribution in [0.2, 0.25) is 0 Å². The minimum atomic E-state index is -0.637. The van der Waals surface area contributed by atoms with Gasteiger partial charge in [-0.1, -0.05) is 92.4 Å². The minimum absolute atomic E-state index is 0.0710. The topological polar surface area (TPSA) is 97.6 Å². The molecule has 0 bridgehead atoms. The second-order valence-electron chi connectivity index (χ2n) is 16.3. The lowest BCUT2D eigenvalue weighted by Gasteiger charge is -2.36. The maximum absolute atomic E-state index is 11.4. The summed E-state index contributed by atoms with van der Waals surface area (Å²) in [5.41, 5.74) is 0. The Morgan fingerprint density at radius 1 is 0.617 bits per heavy atom. The third-order valence-corrected chi connectivity index (χ3v) is 11.8. The second kappa shape index (κ2) is 20.5. The molecule has 0 saturated heterocycles. The quantitative estimate of drug-likeness (QED) is 0.143. The number of rotatable bonds is 19. The van der Waals surface area contributed by atoms with Gasteiger partial charge >= 0.3 is 0 Å². The Morgan fingerprint density at radius 2 is 1.11 bits per heavy atom. The van der Waals surface area contributed by atoms with Crippen LogP contribution in [0.4, 0.5) is 0 Å². The van der Waals surface area contributed by atoms with Crippen LogP contribution in [-0.4, -0.2) is 63.3 Å². The summed E-state index contributed by atoms with van der Waals surface area (Å²) >= 11 is 0. The molecule has 0 amide bonds. The predicted octanol–water partition coefficient (Wildman–Crippen LogP) is 9.26. The molecule has 0 aliphatic heterocycles. The Labute approximate surface area is 287 Å². The van der Waals surface area contributed by atoms with Crippen molar-refractivity contribution in [2.24, 2.45) is 23.7 Å². The molecule has 7 heteroatoms. The average Bonchev–Trinajstić information content (AvgIpc) is 3.04. The molecule has 10 atom stereocenters. The van der Waals surface area contributed by atoms with E-state index in [4.69, 9.17) is 24.4 Å². The SMILES string of the molecule is CCCCCCCCCCCCOCC(O)COC1CCC(c2nc(C3CCC(C)CC3C)nc(C3CCC(C)CC3C)n2)C(O)C1. The Hall–Kier alpha value is -1.15. The highest BCUT2D eigenvalue weighted by atomic mass is 16.5. The molecule has 1 aromatic heterocycles. The van der Waals surface area contributed by atoms with Gasteiger partial charge < -0.3 is 19.7 Å². The summed E-state index contributed by atoms with van der Waals surface area (Å²) < 4.78 is 11.9. The maximum Gasteiger partial charge on any atom is 0.138 e. The molecule has 0 spiro atoms. The van der Waals surface area contributed by atoms with Gasteiger partial charge in [-0.25, -0.2) is 15.0 Å². The lowest BCUT2D eigenvalue weighted by atomic mass is 9.74. The number of aliphatic hydroxyl groups is 2. The van der Waals surface area contributed by atoms with E-state index in [-0.39, 0.29) is 18.6 Å². The molecule has 3 saturated carbocycles. The van der Waals surface area contributed by atoms with Crippen molar-refractivity contribution in [2.45, 2.75) is 193 Å². The van der Waals surface area contributed by atoms with Crippen molar-refractivity contribution in [1.29, 1.82) is 0 Å². The molecule has 0 aromatic carbocycles. The third kappa shape index (κ3) is 12.6. The fraction of sp³-hybridized carbons (Fsp3) is 0.925. The summed E-state index contributed by atoms with van der Waals surface area (Å²) in [5.74, 6) is 6.03. The molecule has 2 N–H and O–H groups in total. The molecule has 0 radical (unpaired) electrons. The molecule has 47 heavy (non-hydrogen) atoms. The smallest absolute Gasteiger partial charge is 0.138 e. The van der Waals surface area contributed by atoms with E-state index < -0.39 is 12.2 Å². The van der Waals surface area contributed by atoms with Gasteiger partial charge in [0.05, 0.1) is 25.4 Å². The molecule has 3 aliphatic rings. The van der Waals surface area contributed by atoms with Crippen LogP contribution < -0.4 is 0 Å². The van der Waals surface area contributed by atoms with E-state index in [1.807, 2.05) is 0 Å². The fourth-order valence-corrected chi connectivity index (χ4v) is 8.79. The average molecular weight is 658 g/mol. The first-order valence-corrected chi connectivity index (χ1v) is 20.1. The molecular formula is C40H71N3O4. The highest BCUT2D eigenvalue weighted by Crippen LogP contribution is 2.43. The van der Waals surface area contributed by atoms with Crippen molar-refractivity contribution < 1.29 is 19.7 Å². The summed E-state index contributed by atoms with van der Waals surface area (Å²) in [4.78, 5) is 15.5. The monoisotopic (exact) mass is 658 g/mol. The molecule has 7 nitrogen and oxygen atoms in total. The zero-order valence-electron chi connectivity index (χ0n) is 30.9. The highest BCUT2D eigenvalue weighted by Gasteiger charge is 2.37. The predicted molar refractivity (Wildman–Crippen MR) is 191 cm³/mol. The second-order valence-corrected chi connectivity index (χ2v) is 16.3. The van der Waals surface area contributed by atoms with Crippen LogP contribution >= 0.6 is 0 Å². The van der Waals surface area contributed by atoms with Crippen molar-refractivity contribution in [1.82, 2.24) is 15.0 Å². The fourth-order valence-electron chi connectivity index (χ4n) is 8.79. The van der Waals surface area contributed by atoms with E-state index in [1.165, 1.54) is 83.5 Å². The first-order chi connectivity index (χ1) is 22.7. The summed E-state index contributed by atoms with van der Waals surface area (Å²) in [5, 5.41) is 21.9. The number of nitrogens with zero attached hydrogens (tertiary/aromatic N) is 3. The van der Waals surface area contributed by atoms with Gasteiger partial charge in [-0.05, 0) is 81.5 Å². The molecule has 270 valence electrons. The maximum atomic E-state index is 11.4. The van der Waals surface area contributed by atoms with E-state index in [2.05, 4.69) is 34.6 Å². The van der Waals surface area contributed by atoms with Crippen molar-refractivity contribution in [3.63, 3.8) is 0 Å². The highest BCUT2D eigenvalue weighted by molar-refractivity contribution is 5.13. The Balaban J connectivity index is 1.22. The number of aromatic nitrogens is 3. The van der Waals surface area contributed by atoms with Crippen LogP contribution in [0.15, 0.2) is 0 Å². The summed E-state index contributed by atoms with van der Waals surface area (Å²) in [7, 11) is 0. The molecule has 3 fully saturated rings. The molecular weight excluding hydrogens is 586 g/mol. The van der Waals surface area contributed by atoms with Crippen LogP contribution in [0.25, 0.3) is 0 Å². The van der Waals surface area contributed by atoms with Gasteiger partial charge in [0.15, 0.2) is 0 Å². The first-order valence-electron chi connectivity index (χ1n) is 20.1. The van der Waals surface area contributed by atoms with Crippen molar-refractivity contribution in [3.05, 3.63) is 17.5 Å². The molecule has 10 unspecified atom stereocenters. The number of hydrogen-bond donors (Lipinski definition) is 2. The minimum Gasteiger partial charge on any atom is -0.392 e. The van der Waals surface area contributed by atoms with E-state index in [1.54, 1.807) is 0 Å². The van der Waals surface area contributed by atoms with Gasteiger partial charge in [0, 0.05) is 30.8 Å². The third-order valence-electron chi connectivity index (χ3n) is 11.8. The number of aliphatic hydroxyl groups excluding tert-OH is 2. The molecule has 3 aliphatic carbocycles. The van der Waals surface area contributed by atoms with Crippen LogP contribution in [0, 0.1) is 23.7 Å². The van der Waals surface area contributed by atoms with E-state index in [9.17, 15) is 10.2 Å². The van der Waals surface area contributed by atoms with Crippen LogP contribution in [0.1, 0.15) is 192 Å². The molecule has 1 heterocycles. The van der Waals surface area contributed by atoms with Crippen molar-refractivity contribution in [2.75, 3.05) is 19.8 Å². The molecule has 1 aromatic rings. The van der Waals surface area contributed by atoms with E-state index in [0.29, 0.717) is 43.3 Å². The Bertz CT molecular complexity index is 965. The van der Waals surface area contributed by atoms with Gasteiger partial charge in [0.25, 0.3) is 0 Å². The Morgan fingerprint density at radius 3 is 1.62 bits per heavy atom. The van der Waals surface area contributed by atoms with Gasteiger partial charge in [0.2, 0.25) is 0 Å². The van der Waals surface area contributed by atoms with Crippen molar-refractivity contribution >= 4 is 0 Å². The zero-order chi connectivity index (χ0) is 33.6. The summed E-state index contributed by atoms with van der Waals surface area (Å²) in [6, 6.07) is 0. The van der Waals surface area contributed by atoms with Crippen LogP contribution in [-0.2, 0) is 9.47 Å². The van der Waals surface area contributed by atoms with Gasteiger partial charge in [-0.2, -0.15) is 0 Å².